The Labute approximate surface area is 128 Å². The lowest BCUT2D eigenvalue weighted by molar-refractivity contribution is -0.117. The van der Waals surface area contributed by atoms with Gasteiger partial charge in [-0.1, -0.05) is 0 Å². The fourth-order valence-electron chi connectivity index (χ4n) is 2.13. The van der Waals surface area contributed by atoms with E-state index in [4.69, 9.17) is 5.11 Å². The highest BCUT2D eigenvalue weighted by molar-refractivity contribution is 9.10. The molecule has 1 unspecified atom stereocenters. The molecular weight excluding hydrogens is 371 g/mol. The van der Waals surface area contributed by atoms with Crippen LogP contribution in [0, 0.1) is 5.92 Å². The van der Waals surface area contributed by atoms with Crippen molar-refractivity contribution in [1.82, 2.24) is 4.98 Å². The summed E-state index contributed by atoms with van der Waals surface area (Å²) in [6.07, 6.45) is -0.122. The average Bonchev–Trinajstić information content (AvgIpc) is 2.68. The SMILES string of the molecule is O=C(O)c1nc(N2CC(CS(=O)(=O)F)CC2=O)ccc1Br. The van der Waals surface area contributed by atoms with E-state index in [0.29, 0.717) is 0 Å². The second-order valence-corrected chi connectivity index (χ2v) is 6.85. The molecule has 1 saturated heterocycles. The first-order valence-electron chi connectivity index (χ1n) is 5.80. The van der Waals surface area contributed by atoms with E-state index >= 15 is 0 Å². The van der Waals surface area contributed by atoms with E-state index in [2.05, 4.69) is 20.9 Å². The van der Waals surface area contributed by atoms with Gasteiger partial charge in [0.05, 0.1) is 10.2 Å². The van der Waals surface area contributed by atoms with Crippen molar-refractivity contribution in [2.24, 2.45) is 5.92 Å². The summed E-state index contributed by atoms with van der Waals surface area (Å²) in [5, 5.41) is 8.98. The Hall–Kier alpha value is -1.55. The van der Waals surface area contributed by atoms with E-state index in [9.17, 15) is 21.9 Å². The first-order valence-corrected chi connectivity index (χ1v) is 8.14. The third-order valence-corrected chi connectivity index (χ3v) is 4.46. The van der Waals surface area contributed by atoms with Gasteiger partial charge in [-0.05, 0) is 28.1 Å². The fourth-order valence-corrected chi connectivity index (χ4v) is 3.31. The molecule has 1 amide bonds. The molecule has 21 heavy (non-hydrogen) atoms. The number of carbonyl (C=O) groups excluding carboxylic acids is 1. The highest BCUT2D eigenvalue weighted by atomic mass is 79.9. The fraction of sp³-hybridized carbons (Fsp3) is 0.364. The van der Waals surface area contributed by atoms with E-state index < -0.39 is 33.8 Å². The van der Waals surface area contributed by atoms with Gasteiger partial charge in [0.15, 0.2) is 5.69 Å². The molecule has 1 aliphatic rings. The van der Waals surface area contributed by atoms with Crippen LogP contribution in [-0.2, 0) is 15.0 Å². The first kappa shape index (κ1) is 15.8. The van der Waals surface area contributed by atoms with Gasteiger partial charge in [0.1, 0.15) is 5.82 Å². The molecule has 1 fully saturated rings. The Morgan fingerprint density at radius 3 is 2.76 bits per heavy atom. The summed E-state index contributed by atoms with van der Waals surface area (Å²) in [6.45, 7) is -0.0182. The van der Waals surface area contributed by atoms with Crippen LogP contribution in [0.5, 0.6) is 0 Å². The molecule has 1 aliphatic heterocycles. The van der Waals surface area contributed by atoms with Crippen molar-refractivity contribution >= 4 is 43.8 Å². The summed E-state index contributed by atoms with van der Waals surface area (Å²) in [7, 11) is -4.67. The molecule has 0 radical (unpaired) electrons. The largest absolute Gasteiger partial charge is 0.476 e. The predicted octanol–water partition coefficient (Wildman–Crippen LogP) is 1.19. The Bertz CT molecular complexity index is 709. The molecule has 0 saturated carbocycles. The van der Waals surface area contributed by atoms with E-state index in [1.165, 1.54) is 12.1 Å². The second-order valence-electron chi connectivity index (χ2n) is 4.59. The Kier molecular flexibility index (Phi) is 4.28. The van der Waals surface area contributed by atoms with Crippen molar-refractivity contribution in [1.29, 1.82) is 0 Å². The van der Waals surface area contributed by atoms with Crippen LogP contribution in [0.2, 0.25) is 0 Å². The smallest absolute Gasteiger partial charge is 0.355 e. The summed E-state index contributed by atoms with van der Waals surface area (Å²) in [4.78, 5) is 27.9. The topological polar surface area (TPSA) is 105 Å². The predicted molar refractivity (Wildman–Crippen MR) is 74.3 cm³/mol. The summed E-state index contributed by atoms with van der Waals surface area (Å²) in [6, 6.07) is 2.86. The number of rotatable bonds is 4. The van der Waals surface area contributed by atoms with Crippen LogP contribution in [0.15, 0.2) is 16.6 Å². The van der Waals surface area contributed by atoms with Crippen LogP contribution in [0.25, 0.3) is 0 Å². The van der Waals surface area contributed by atoms with Crippen molar-refractivity contribution in [3.05, 3.63) is 22.3 Å². The Morgan fingerprint density at radius 2 is 2.19 bits per heavy atom. The number of hydrogen-bond acceptors (Lipinski definition) is 5. The van der Waals surface area contributed by atoms with Crippen molar-refractivity contribution < 1.29 is 27.0 Å². The molecule has 1 aromatic rings. The third-order valence-electron chi connectivity index (χ3n) is 2.95. The molecule has 0 bridgehead atoms. The highest BCUT2D eigenvalue weighted by Gasteiger charge is 2.34. The lowest BCUT2D eigenvalue weighted by Gasteiger charge is -2.16. The van der Waals surface area contributed by atoms with Gasteiger partial charge in [-0.3, -0.25) is 9.69 Å². The molecule has 1 N–H and O–H groups in total. The maximum atomic E-state index is 12.7. The molecule has 0 aromatic carbocycles. The van der Waals surface area contributed by atoms with Gasteiger partial charge in [-0.2, -0.15) is 8.42 Å². The van der Waals surface area contributed by atoms with Gasteiger partial charge in [0.25, 0.3) is 0 Å². The number of carbonyl (C=O) groups is 2. The van der Waals surface area contributed by atoms with Crippen LogP contribution >= 0.6 is 15.9 Å². The highest BCUT2D eigenvalue weighted by Crippen LogP contribution is 2.27. The average molecular weight is 381 g/mol. The normalized spacial score (nSPS) is 19.0. The third kappa shape index (κ3) is 3.76. The second kappa shape index (κ2) is 5.68. The van der Waals surface area contributed by atoms with Gasteiger partial charge in [0, 0.05) is 18.9 Å². The minimum atomic E-state index is -4.67. The monoisotopic (exact) mass is 380 g/mol. The Balaban J connectivity index is 2.25. The van der Waals surface area contributed by atoms with Crippen molar-refractivity contribution in [2.45, 2.75) is 6.42 Å². The number of amides is 1. The minimum absolute atomic E-state index is 0.0182. The number of halogens is 2. The summed E-state index contributed by atoms with van der Waals surface area (Å²) >= 11 is 3.03. The first-order chi connectivity index (χ1) is 9.67. The number of nitrogens with zero attached hydrogens (tertiary/aromatic N) is 2. The van der Waals surface area contributed by atoms with Crippen molar-refractivity contribution in [3.63, 3.8) is 0 Å². The van der Waals surface area contributed by atoms with Gasteiger partial charge < -0.3 is 5.11 Å². The molecule has 2 heterocycles. The molecule has 1 atom stereocenters. The van der Waals surface area contributed by atoms with Crippen LogP contribution in [0.4, 0.5) is 9.70 Å². The van der Waals surface area contributed by atoms with Crippen LogP contribution < -0.4 is 4.90 Å². The lowest BCUT2D eigenvalue weighted by atomic mass is 10.1. The van der Waals surface area contributed by atoms with Crippen LogP contribution in [-0.4, -0.2) is 42.7 Å². The number of carboxylic acids is 1. The molecule has 10 heteroatoms. The van der Waals surface area contributed by atoms with Gasteiger partial charge in [-0.15, -0.1) is 3.89 Å². The molecule has 0 aliphatic carbocycles. The van der Waals surface area contributed by atoms with Crippen LogP contribution in [0.1, 0.15) is 16.9 Å². The van der Waals surface area contributed by atoms with E-state index in [0.717, 1.165) is 4.90 Å². The zero-order valence-corrected chi connectivity index (χ0v) is 12.9. The van der Waals surface area contributed by atoms with Gasteiger partial charge in [0.2, 0.25) is 5.91 Å². The lowest BCUT2D eigenvalue weighted by Crippen LogP contribution is -2.27. The van der Waals surface area contributed by atoms with E-state index in [-0.39, 0.29) is 29.0 Å². The number of carboxylic acid groups (broad SMARTS) is 1. The number of pyridine rings is 1. The van der Waals surface area contributed by atoms with Gasteiger partial charge >= 0.3 is 16.2 Å². The molecule has 7 nitrogen and oxygen atoms in total. The number of anilines is 1. The molecule has 2 rings (SSSR count). The summed E-state index contributed by atoms with van der Waals surface area (Å²) in [5.41, 5.74) is -0.262. The summed E-state index contributed by atoms with van der Waals surface area (Å²) < 4.78 is 34.2. The number of aromatic nitrogens is 1. The molecular formula is C11H10BrFN2O5S. The number of aromatic carboxylic acids is 1. The van der Waals surface area contributed by atoms with E-state index in [1.807, 2.05) is 0 Å². The molecule has 114 valence electrons. The van der Waals surface area contributed by atoms with Crippen molar-refractivity contribution in [2.75, 3.05) is 17.2 Å². The maximum Gasteiger partial charge on any atom is 0.355 e. The van der Waals surface area contributed by atoms with E-state index in [1.54, 1.807) is 0 Å². The summed E-state index contributed by atoms with van der Waals surface area (Å²) in [5.74, 6) is -3.00. The van der Waals surface area contributed by atoms with Crippen molar-refractivity contribution in [3.8, 4) is 0 Å². The Morgan fingerprint density at radius 1 is 1.52 bits per heavy atom. The zero-order valence-electron chi connectivity index (χ0n) is 10.5. The zero-order chi connectivity index (χ0) is 15.8. The molecule has 1 aromatic heterocycles. The maximum absolute atomic E-state index is 12.7. The quantitative estimate of drug-likeness (QED) is 0.786. The van der Waals surface area contributed by atoms with Gasteiger partial charge in [-0.25, -0.2) is 9.78 Å². The minimum Gasteiger partial charge on any atom is -0.476 e. The number of hydrogen-bond donors (Lipinski definition) is 1. The standard InChI is InChI=1S/C11H10BrFN2O5S/c12-7-1-2-8(14-10(7)11(17)18)15-4-6(3-9(15)16)5-21(13,19)20/h1-2,6H,3-5H2,(H,17,18). The van der Waals surface area contributed by atoms with Crippen LogP contribution in [0.3, 0.4) is 0 Å². The molecule has 0 spiro atoms.